The fraction of sp³-hybridized carbons (Fsp3) is 0.542. The second kappa shape index (κ2) is 10.3. The van der Waals surface area contributed by atoms with Crippen LogP contribution in [0.4, 0.5) is 28.3 Å². The number of anilines is 1. The van der Waals surface area contributed by atoms with Gasteiger partial charge in [-0.2, -0.15) is 13.2 Å². The molecule has 2 atom stereocenters. The van der Waals surface area contributed by atoms with Gasteiger partial charge in [0.25, 0.3) is 0 Å². The molecule has 2 aliphatic heterocycles. The standard InChI is InChI=1S/C24H29F4N5O2/c1-16-13-32(22-29-11-19(12-30-22)24(26,27)28)14-17(2)33(16)23(34)35-21-7-9-31(10-8-21)15-18-3-5-20(25)6-4-18/h3-6,11-12,16-17,21H,7-10,13-15H2,1-2H3/t16-,17+. The minimum absolute atomic E-state index is 0.178. The molecule has 4 rings (SSSR count). The molecule has 2 saturated heterocycles. The topological polar surface area (TPSA) is 61.8 Å². The van der Waals surface area contributed by atoms with E-state index in [-0.39, 0.29) is 36.0 Å². The molecule has 11 heteroatoms. The molecule has 3 heterocycles. The number of piperazine rings is 1. The number of amides is 1. The molecule has 0 saturated carbocycles. The van der Waals surface area contributed by atoms with Crippen molar-refractivity contribution in [1.29, 1.82) is 0 Å². The van der Waals surface area contributed by atoms with Crippen LogP contribution in [0.1, 0.15) is 37.8 Å². The fourth-order valence-electron chi connectivity index (χ4n) is 4.71. The smallest absolute Gasteiger partial charge is 0.419 e. The number of aromatic nitrogens is 2. The van der Waals surface area contributed by atoms with Gasteiger partial charge in [0.1, 0.15) is 11.9 Å². The van der Waals surface area contributed by atoms with Gasteiger partial charge in [0.15, 0.2) is 0 Å². The zero-order chi connectivity index (χ0) is 25.2. The number of ether oxygens (including phenoxy) is 1. The average Bonchev–Trinajstić information content (AvgIpc) is 2.81. The van der Waals surface area contributed by atoms with Gasteiger partial charge in [-0.3, -0.25) is 9.80 Å². The molecule has 0 radical (unpaired) electrons. The molecule has 1 amide bonds. The second-order valence-electron chi connectivity index (χ2n) is 9.27. The number of benzene rings is 1. The van der Waals surface area contributed by atoms with Crippen molar-refractivity contribution in [2.75, 3.05) is 31.1 Å². The summed E-state index contributed by atoms with van der Waals surface area (Å²) in [6, 6.07) is 6.01. The number of likely N-dealkylation sites (tertiary alicyclic amines) is 1. The van der Waals surface area contributed by atoms with Gasteiger partial charge in [0, 0.05) is 45.1 Å². The van der Waals surface area contributed by atoms with Crippen LogP contribution in [0.25, 0.3) is 0 Å². The van der Waals surface area contributed by atoms with E-state index < -0.39 is 11.7 Å². The van der Waals surface area contributed by atoms with Gasteiger partial charge in [-0.25, -0.2) is 19.2 Å². The van der Waals surface area contributed by atoms with E-state index in [1.807, 2.05) is 13.8 Å². The van der Waals surface area contributed by atoms with E-state index >= 15 is 0 Å². The van der Waals surface area contributed by atoms with Crippen molar-refractivity contribution in [3.05, 3.63) is 53.6 Å². The van der Waals surface area contributed by atoms with E-state index in [0.29, 0.717) is 13.1 Å². The molecule has 0 aliphatic carbocycles. The lowest BCUT2D eigenvalue weighted by molar-refractivity contribution is -0.138. The SMILES string of the molecule is C[C@@H]1CN(c2ncc(C(F)(F)F)cn2)C[C@H](C)N1C(=O)OC1CCN(Cc2ccc(F)cc2)CC1. The summed E-state index contributed by atoms with van der Waals surface area (Å²) < 4.78 is 57.3. The monoisotopic (exact) mass is 495 g/mol. The number of hydrogen-bond donors (Lipinski definition) is 0. The highest BCUT2D eigenvalue weighted by atomic mass is 19.4. The summed E-state index contributed by atoms with van der Waals surface area (Å²) in [7, 11) is 0. The van der Waals surface area contributed by atoms with Crippen LogP contribution in [0.3, 0.4) is 0 Å². The largest absolute Gasteiger partial charge is 0.446 e. The maximum atomic E-state index is 13.1. The van der Waals surface area contributed by atoms with Crippen molar-refractivity contribution < 1.29 is 27.1 Å². The van der Waals surface area contributed by atoms with Crippen LogP contribution >= 0.6 is 0 Å². The van der Waals surface area contributed by atoms with Gasteiger partial charge < -0.3 is 9.64 Å². The Balaban J connectivity index is 1.27. The highest BCUT2D eigenvalue weighted by molar-refractivity contribution is 5.69. The minimum Gasteiger partial charge on any atom is -0.446 e. The lowest BCUT2D eigenvalue weighted by atomic mass is 10.1. The molecule has 190 valence electrons. The van der Waals surface area contributed by atoms with Crippen molar-refractivity contribution in [1.82, 2.24) is 19.8 Å². The lowest BCUT2D eigenvalue weighted by Crippen LogP contribution is -2.59. The van der Waals surface area contributed by atoms with Crippen LogP contribution in [0.15, 0.2) is 36.7 Å². The molecule has 2 fully saturated rings. The number of piperidine rings is 1. The molecule has 0 spiro atoms. The first-order chi connectivity index (χ1) is 16.6. The minimum atomic E-state index is -4.49. The maximum absolute atomic E-state index is 13.1. The predicted octanol–water partition coefficient (Wildman–Crippen LogP) is 4.33. The third kappa shape index (κ3) is 6.19. The van der Waals surface area contributed by atoms with Gasteiger partial charge in [-0.05, 0) is 44.4 Å². The highest BCUT2D eigenvalue weighted by Crippen LogP contribution is 2.29. The van der Waals surface area contributed by atoms with E-state index in [0.717, 1.165) is 50.4 Å². The van der Waals surface area contributed by atoms with Crippen LogP contribution < -0.4 is 4.90 Å². The van der Waals surface area contributed by atoms with Gasteiger partial charge in [-0.15, -0.1) is 0 Å². The molecule has 2 aliphatic rings. The van der Waals surface area contributed by atoms with Crippen LogP contribution in [0.5, 0.6) is 0 Å². The molecule has 0 bridgehead atoms. The molecule has 2 aromatic rings. The molecule has 1 aromatic carbocycles. The predicted molar refractivity (Wildman–Crippen MR) is 121 cm³/mol. The number of carbonyl (C=O) groups excluding carboxylic acids is 1. The average molecular weight is 496 g/mol. The van der Waals surface area contributed by atoms with Gasteiger partial charge in [0.2, 0.25) is 5.95 Å². The van der Waals surface area contributed by atoms with E-state index in [2.05, 4.69) is 14.9 Å². The number of nitrogens with zero attached hydrogens (tertiary/aromatic N) is 5. The summed E-state index contributed by atoms with van der Waals surface area (Å²) >= 11 is 0. The summed E-state index contributed by atoms with van der Waals surface area (Å²) in [6.07, 6.45) is -2.05. The zero-order valence-corrected chi connectivity index (χ0v) is 19.7. The summed E-state index contributed by atoms with van der Waals surface area (Å²) in [6.45, 7) is 6.81. The Hall–Kier alpha value is -2.95. The Morgan fingerprint density at radius 1 is 1.03 bits per heavy atom. The number of halogens is 4. The number of alkyl halides is 3. The van der Waals surface area contributed by atoms with Gasteiger partial charge >= 0.3 is 12.3 Å². The van der Waals surface area contributed by atoms with E-state index in [1.54, 1.807) is 21.9 Å². The fourth-order valence-corrected chi connectivity index (χ4v) is 4.71. The molecule has 1 aromatic heterocycles. The van der Waals surface area contributed by atoms with E-state index in [9.17, 15) is 22.4 Å². The first-order valence-electron chi connectivity index (χ1n) is 11.7. The Labute approximate surface area is 201 Å². The lowest BCUT2D eigenvalue weighted by Gasteiger charge is -2.44. The van der Waals surface area contributed by atoms with Crippen molar-refractivity contribution in [2.24, 2.45) is 0 Å². The normalized spacial score (nSPS) is 22.3. The number of rotatable bonds is 4. The van der Waals surface area contributed by atoms with Crippen LogP contribution in [0, 0.1) is 5.82 Å². The number of hydrogen-bond acceptors (Lipinski definition) is 6. The second-order valence-corrected chi connectivity index (χ2v) is 9.27. The third-order valence-corrected chi connectivity index (χ3v) is 6.50. The summed E-state index contributed by atoms with van der Waals surface area (Å²) in [5.41, 5.74) is 0.146. The van der Waals surface area contributed by atoms with Crippen LogP contribution in [0.2, 0.25) is 0 Å². The van der Waals surface area contributed by atoms with Crippen molar-refractivity contribution in [3.8, 4) is 0 Å². The summed E-state index contributed by atoms with van der Waals surface area (Å²) in [4.78, 5) is 26.5. The molecular weight excluding hydrogens is 466 g/mol. The molecule has 0 unspecified atom stereocenters. The Morgan fingerprint density at radius 2 is 1.60 bits per heavy atom. The summed E-state index contributed by atoms with van der Waals surface area (Å²) in [5.74, 6) is -0.0474. The summed E-state index contributed by atoms with van der Waals surface area (Å²) in [5, 5.41) is 0. The molecular formula is C24H29F4N5O2. The highest BCUT2D eigenvalue weighted by Gasteiger charge is 2.37. The van der Waals surface area contributed by atoms with E-state index in [4.69, 9.17) is 4.74 Å². The molecule has 0 N–H and O–H groups in total. The quantitative estimate of drug-likeness (QED) is 0.589. The van der Waals surface area contributed by atoms with Crippen molar-refractivity contribution in [2.45, 2.75) is 57.6 Å². The maximum Gasteiger partial charge on any atom is 0.419 e. The first-order valence-corrected chi connectivity index (χ1v) is 11.7. The third-order valence-electron chi connectivity index (χ3n) is 6.50. The van der Waals surface area contributed by atoms with Crippen molar-refractivity contribution >= 4 is 12.0 Å². The van der Waals surface area contributed by atoms with Crippen LogP contribution in [-0.2, 0) is 17.5 Å². The first kappa shape index (κ1) is 25.2. The Morgan fingerprint density at radius 3 is 2.14 bits per heavy atom. The Bertz CT molecular complexity index is 982. The molecule has 35 heavy (non-hydrogen) atoms. The Kier molecular flexibility index (Phi) is 7.44. The zero-order valence-electron chi connectivity index (χ0n) is 19.7. The van der Waals surface area contributed by atoms with Gasteiger partial charge in [-0.1, -0.05) is 12.1 Å². The molecule has 7 nitrogen and oxygen atoms in total. The van der Waals surface area contributed by atoms with Crippen molar-refractivity contribution in [3.63, 3.8) is 0 Å². The van der Waals surface area contributed by atoms with E-state index in [1.165, 1.54) is 12.1 Å². The van der Waals surface area contributed by atoms with Gasteiger partial charge in [0.05, 0.1) is 17.6 Å². The number of carbonyl (C=O) groups is 1. The van der Waals surface area contributed by atoms with Crippen LogP contribution in [-0.4, -0.2) is 70.2 Å².